The molecule has 1 amide bonds. The Morgan fingerprint density at radius 1 is 1.17 bits per heavy atom. The highest BCUT2D eigenvalue weighted by Gasteiger charge is 2.37. The summed E-state index contributed by atoms with van der Waals surface area (Å²) in [5, 5.41) is 2.23. The molecule has 0 bridgehead atoms. The molecule has 0 spiro atoms. The summed E-state index contributed by atoms with van der Waals surface area (Å²) in [5.41, 5.74) is 0.399. The number of amides is 1. The highest BCUT2D eigenvalue weighted by Crippen LogP contribution is 2.24. The van der Waals surface area contributed by atoms with Crippen LogP contribution in [-0.4, -0.2) is 11.8 Å². The van der Waals surface area contributed by atoms with Crippen molar-refractivity contribution in [1.29, 1.82) is 0 Å². The van der Waals surface area contributed by atoms with Crippen molar-refractivity contribution in [3.05, 3.63) is 30.3 Å². The number of hydrogen-bond acceptors (Lipinski definition) is 1. The highest BCUT2D eigenvalue weighted by molar-refractivity contribution is 5.95. The molecule has 0 radical (unpaired) electrons. The van der Waals surface area contributed by atoms with Crippen LogP contribution in [0.2, 0.25) is 0 Å². The molecule has 0 aliphatic heterocycles. The Hall–Kier alpha value is -1.45. The molecule has 0 saturated heterocycles. The number of alkyl halides is 2. The predicted molar refractivity (Wildman–Crippen MR) is 68.8 cm³/mol. The lowest BCUT2D eigenvalue weighted by Crippen LogP contribution is -2.34. The molecule has 1 aromatic carbocycles. The SMILES string of the molecule is CCCCCCC(F)(F)C(=O)Nc1ccccc1. The minimum atomic E-state index is -3.29. The predicted octanol–water partition coefficient (Wildman–Crippen LogP) is 4.23. The zero-order chi connectivity index (χ0) is 13.4. The van der Waals surface area contributed by atoms with E-state index in [-0.39, 0.29) is 6.42 Å². The van der Waals surface area contributed by atoms with E-state index < -0.39 is 11.8 Å². The lowest BCUT2D eigenvalue weighted by atomic mass is 10.1. The van der Waals surface area contributed by atoms with Crippen molar-refractivity contribution in [2.24, 2.45) is 0 Å². The van der Waals surface area contributed by atoms with Gasteiger partial charge < -0.3 is 5.32 Å². The van der Waals surface area contributed by atoms with Crippen LogP contribution in [0.5, 0.6) is 0 Å². The number of unbranched alkanes of at least 4 members (excludes halogenated alkanes) is 3. The number of para-hydroxylation sites is 1. The van der Waals surface area contributed by atoms with Crippen LogP contribution in [0.4, 0.5) is 14.5 Å². The van der Waals surface area contributed by atoms with Gasteiger partial charge in [-0.1, -0.05) is 44.4 Å². The van der Waals surface area contributed by atoms with Gasteiger partial charge in [0, 0.05) is 12.1 Å². The fourth-order valence-electron chi connectivity index (χ4n) is 1.63. The quantitative estimate of drug-likeness (QED) is 0.726. The fraction of sp³-hybridized carbons (Fsp3) is 0.500. The second kappa shape index (κ2) is 7.09. The third-order valence-corrected chi connectivity index (χ3v) is 2.71. The first-order valence-electron chi connectivity index (χ1n) is 6.30. The number of anilines is 1. The molecule has 0 aliphatic carbocycles. The van der Waals surface area contributed by atoms with Gasteiger partial charge in [-0.25, -0.2) is 0 Å². The zero-order valence-corrected chi connectivity index (χ0v) is 10.6. The van der Waals surface area contributed by atoms with Crippen molar-refractivity contribution >= 4 is 11.6 Å². The number of halogens is 2. The standard InChI is InChI=1S/C14H19F2NO/c1-2-3-4-8-11-14(15,16)13(18)17-12-9-6-5-7-10-12/h5-7,9-10H,2-4,8,11H2,1H3,(H,17,18). The van der Waals surface area contributed by atoms with Gasteiger partial charge in [0.1, 0.15) is 0 Å². The van der Waals surface area contributed by atoms with E-state index in [0.717, 1.165) is 19.3 Å². The van der Waals surface area contributed by atoms with Gasteiger partial charge in [-0.05, 0) is 18.6 Å². The molecule has 2 nitrogen and oxygen atoms in total. The molecule has 0 unspecified atom stereocenters. The van der Waals surface area contributed by atoms with E-state index in [1.807, 2.05) is 6.92 Å². The van der Waals surface area contributed by atoms with E-state index in [0.29, 0.717) is 12.1 Å². The van der Waals surface area contributed by atoms with Gasteiger partial charge in [0.15, 0.2) is 0 Å². The normalized spacial score (nSPS) is 11.3. The van der Waals surface area contributed by atoms with E-state index in [1.165, 1.54) is 0 Å². The highest BCUT2D eigenvalue weighted by atomic mass is 19.3. The molecule has 0 saturated carbocycles. The average Bonchev–Trinajstić information content (AvgIpc) is 2.36. The smallest absolute Gasteiger partial charge is 0.321 e. The Labute approximate surface area is 106 Å². The maximum atomic E-state index is 13.5. The van der Waals surface area contributed by atoms with Gasteiger partial charge in [0.05, 0.1) is 0 Å². The van der Waals surface area contributed by atoms with Crippen molar-refractivity contribution < 1.29 is 13.6 Å². The molecule has 0 heterocycles. The minimum absolute atomic E-state index is 0.378. The van der Waals surface area contributed by atoms with E-state index in [9.17, 15) is 13.6 Å². The van der Waals surface area contributed by atoms with Crippen LogP contribution < -0.4 is 5.32 Å². The summed E-state index contributed by atoms with van der Waals surface area (Å²) in [4.78, 5) is 11.4. The molecule has 1 rings (SSSR count). The van der Waals surface area contributed by atoms with Crippen molar-refractivity contribution in [2.45, 2.75) is 45.0 Å². The molecular weight excluding hydrogens is 236 g/mol. The van der Waals surface area contributed by atoms with Crippen LogP contribution in [0.15, 0.2) is 30.3 Å². The van der Waals surface area contributed by atoms with Crippen LogP contribution in [-0.2, 0) is 4.79 Å². The average molecular weight is 255 g/mol. The first-order chi connectivity index (χ1) is 8.56. The van der Waals surface area contributed by atoms with Gasteiger partial charge >= 0.3 is 5.92 Å². The monoisotopic (exact) mass is 255 g/mol. The largest absolute Gasteiger partial charge is 0.324 e. The second-order valence-corrected chi connectivity index (χ2v) is 4.34. The number of carbonyl (C=O) groups is 1. The lowest BCUT2D eigenvalue weighted by Gasteiger charge is -2.15. The van der Waals surface area contributed by atoms with Crippen molar-refractivity contribution in [3.8, 4) is 0 Å². The Kier molecular flexibility index (Phi) is 5.75. The Bertz CT molecular complexity index is 365. The number of nitrogens with one attached hydrogen (secondary N) is 1. The minimum Gasteiger partial charge on any atom is -0.321 e. The summed E-state index contributed by atoms with van der Waals surface area (Å²) in [6, 6.07) is 8.32. The van der Waals surface area contributed by atoms with E-state index in [4.69, 9.17) is 0 Å². The molecule has 0 fully saturated rings. The molecule has 1 N–H and O–H groups in total. The van der Waals surface area contributed by atoms with Crippen LogP contribution >= 0.6 is 0 Å². The number of benzene rings is 1. The maximum Gasteiger partial charge on any atom is 0.324 e. The fourth-order valence-corrected chi connectivity index (χ4v) is 1.63. The van der Waals surface area contributed by atoms with Gasteiger partial charge in [-0.3, -0.25) is 4.79 Å². The van der Waals surface area contributed by atoms with E-state index in [1.54, 1.807) is 30.3 Å². The Balaban J connectivity index is 2.44. The Morgan fingerprint density at radius 3 is 2.44 bits per heavy atom. The maximum absolute atomic E-state index is 13.5. The molecule has 4 heteroatoms. The number of carbonyl (C=O) groups excluding carboxylic acids is 1. The van der Waals surface area contributed by atoms with Crippen molar-refractivity contribution in [1.82, 2.24) is 0 Å². The third kappa shape index (κ3) is 4.82. The summed E-state index contributed by atoms with van der Waals surface area (Å²) in [6.07, 6.45) is 2.65. The molecule has 0 aliphatic rings. The molecule has 100 valence electrons. The van der Waals surface area contributed by atoms with Crippen LogP contribution in [0.3, 0.4) is 0 Å². The summed E-state index contributed by atoms with van der Waals surface area (Å²) in [5.74, 6) is -4.51. The zero-order valence-electron chi connectivity index (χ0n) is 10.6. The van der Waals surface area contributed by atoms with Crippen LogP contribution in [0.1, 0.15) is 39.0 Å². The van der Waals surface area contributed by atoms with Gasteiger partial charge in [0.2, 0.25) is 0 Å². The summed E-state index contributed by atoms with van der Waals surface area (Å²) < 4.78 is 27.0. The molecule has 0 aromatic heterocycles. The summed E-state index contributed by atoms with van der Waals surface area (Å²) >= 11 is 0. The van der Waals surface area contributed by atoms with Gasteiger partial charge in [-0.2, -0.15) is 8.78 Å². The first kappa shape index (κ1) is 14.6. The first-order valence-corrected chi connectivity index (χ1v) is 6.30. The van der Waals surface area contributed by atoms with E-state index >= 15 is 0 Å². The molecule has 18 heavy (non-hydrogen) atoms. The number of hydrogen-bond donors (Lipinski definition) is 1. The molecule has 0 atom stereocenters. The topological polar surface area (TPSA) is 29.1 Å². The van der Waals surface area contributed by atoms with Gasteiger partial charge in [0.25, 0.3) is 5.91 Å². The molecule has 1 aromatic rings. The van der Waals surface area contributed by atoms with Crippen molar-refractivity contribution in [3.63, 3.8) is 0 Å². The lowest BCUT2D eigenvalue weighted by molar-refractivity contribution is -0.140. The van der Waals surface area contributed by atoms with Gasteiger partial charge in [-0.15, -0.1) is 0 Å². The molecular formula is C14H19F2NO. The summed E-state index contributed by atoms with van der Waals surface area (Å²) in [6.45, 7) is 2.01. The Morgan fingerprint density at radius 2 is 1.83 bits per heavy atom. The van der Waals surface area contributed by atoms with E-state index in [2.05, 4.69) is 5.32 Å². The third-order valence-electron chi connectivity index (χ3n) is 2.71. The second-order valence-electron chi connectivity index (χ2n) is 4.34. The summed E-state index contributed by atoms with van der Waals surface area (Å²) in [7, 11) is 0. The van der Waals surface area contributed by atoms with Crippen LogP contribution in [0.25, 0.3) is 0 Å². The number of rotatable bonds is 7. The van der Waals surface area contributed by atoms with Crippen molar-refractivity contribution in [2.75, 3.05) is 5.32 Å². The van der Waals surface area contributed by atoms with Crippen LogP contribution in [0, 0.1) is 0 Å².